The molecule has 2 aromatic heterocycles. The summed E-state index contributed by atoms with van der Waals surface area (Å²) < 4.78 is 1.47. The maximum Gasteiger partial charge on any atom is 0.265 e. The fourth-order valence-electron chi connectivity index (χ4n) is 1.41. The number of ketones is 1. The predicted molar refractivity (Wildman–Crippen MR) is 53.7 cm³/mol. The van der Waals surface area contributed by atoms with Gasteiger partial charge in [-0.15, -0.1) is 0 Å². The summed E-state index contributed by atoms with van der Waals surface area (Å²) in [5.74, 6) is -0.201. The molecule has 0 aromatic carbocycles. The fraction of sp³-hybridized carbons (Fsp3) is 0.0909. The van der Waals surface area contributed by atoms with Crippen LogP contribution in [0.4, 0.5) is 0 Å². The fourth-order valence-corrected chi connectivity index (χ4v) is 1.41. The molecule has 0 bridgehead atoms. The smallest absolute Gasteiger partial charge is 0.265 e. The van der Waals surface area contributed by atoms with Crippen molar-refractivity contribution in [2.24, 2.45) is 0 Å². The van der Waals surface area contributed by atoms with Crippen molar-refractivity contribution < 1.29 is 4.79 Å². The first-order valence-corrected chi connectivity index (χ1v) is 4.31. The Bertz CT molecular complexity index is 554. The molecule has 0 fully saturated rings. The summed E-state index contributed by atoms with van der Waals surface area (Å²) in [5, 5.41) is 0. The molecule has 2 heterocycles. The van der Waals surface area contributed by atoms with Crippen LogP contribution < -0.4 is 5.56 Å². The monoisotopic (exact) mass is 187 g/mol. The molecule has 0 aliphatic heterocycles. The van der Waals surface area contributed by atoms with Crippen molar-refractivity contribution in [2.45, 2.75) is 6.92 Å². The number of carbonyl (C=O) groups excluding carboxylic acids is 1. The molecule has 0 radical (unpaired) electrons. The number of fused-ring (bicyclic) bond motifs is 1. The zero-order chi connectivity index (χ0) is 10.1. The number of aromatic nitrogens is 1. The van der Waals surface area contributed by atoms with Crippen LogP contribution in [0.3, 0.4) is 0 Å². The van der Waals surface area contributed by atoms with E-state index < -0.39 is 0 Å². The molecule has 70 valence electrons. The van der Waals surface area contributed by atoms with E-state index >= 15 is 0 Å². The molecule has 2 aromatic rings. The van der Waals surface area contributed by atoms with E-state index in [1.807, 2.05) is 12.1 Å². The SMILES string of the molecule is CC(=O)c1ccc2ccccn2c1=O. The van der Waals surface area contributed by atoms with Gasteiger partial charge in [-0.25, -0.2) is 0 Å². The molecule has 0 amide bonds. The van der Waals surface area contributed by atoms with Crippen molar-refractivity contribution in [3.8, 4) is 0 Å². The Balaban J connectivity index is 2.89. The van der Waals surface area contributed by atoms with Gasteiger partial charge in [0.15, 0.2) is 5.78 Å². The molecular formula is C11H9NO2. The van der Waals surface area contributed by atoms with Crippen LogP contribution in [-0.4, -0.2) is 10.2 Å². The summed E-state index contributed by atoms with van der Waals surface area (Å²) in [7, 11) is 0. The Hall–Kier alpha value is -1.90. The van der Waals surface area contributed by atoms with Gasteiger partial charge < -0.3 is 0 Å². The molecule has 0 spiro atoms. The highest BCUT2D eigenvalue weighted by atomic mass is 16.1. The van der Waals surface area contributed by atoms with Gasteiger partial charge in [0, 0.05) is 11.7 Å². The Labute approximate surface area is 80.6 Å². The molecule has 14 heavy (non-hydrogen) atoms. The van der Waals surface area contributed by atoms with E-state index in [0.29, 0.717) is 0 Å². The van der Waals surface area contributed by atoms with Crippen molar-refractivity contribution in [3.05, 3.63) is 52.4 Å². The maximum atomic E-state index is 11.7. The molecule has 0 N–H and O–H groups in total. The molecule has 0 saturated heterocycles. The summed E-state index contributed by atoms with van der Waals surface area (Å²) >= 11 is 0. The molecule has 0 aliphatic rings. The number of carbonyl (C=O) groups is 1. The number of pyridine rings is 2. The average molecular weight is 187 g/mol. The van der Waals surface area contributed by atoms with Crippen LogP contribution in [0.5, 0.6) is 0 Å². The van der Waals surface area contributed by atoms with Crippen LogP contribution in [0.25, 0.3) is 5.52 Å². The summed E-state index contributed by atoms with van der Waals surface area (Å²) in [6.07, 6.45) is 1.66. The highest BCUT2D eigenvalue weighted by molar-refractivity contribution is 5.93. The van der Waals surface area contributed by atoms with Gasteiger partial charge in [0.1, 0.15) is 0 Å². The van der Waals surface area contributed by atoms with E-state index in [2.05, 4.69) is 0 Å². The van der Waals surface area contributed by atoms with Gasteiger partial charge in [0.25, 0.3) is 5.56 Å². The van der Waals surface area contributed by atoms with Crippen molar-refractivity contribution in [1.29, 1.82) is 0 Å². The largest absolute Gasteiger partial charge is 0.294 e. The number of hydrogen-bond acceptors (Lipinski definition) is 2. The molecule has 0 aliphatic carbocycles. The Kier molecular flexibility index (Phi) is 1.93. The van der Waals surface area contributed by atoms with E-state index in [1.165, 1.54) is 11.3 Å². The van der Waals surface area contributed by atoms with E-state index in [9.17, 15) is 9.59 Å². The third-order valence-electron chi connectivity index (χ3n) is 2.14. The van der Waals surface area contributed by atoms with E-state index in [-0.39, 0.29) is 16.9 Å². The van der Waals surface area contributed by atoms with Gasteiger partial charge in [-0.3, -0.25) is 14.0 Å². The third kappa shape index (κ3) is 1.23. The van der Waals surface area contributed by atoms with Gasteiger partial charge in [-0.1, -0.05) is 6.07 Å². The van der Waals surface area contributed by atoms with Crippen LogP contribution in [0.1, 0.15) is 17.3 Å². The lowest BCUT2D eigenvalue weighted by Gasteiger charge is -2.00. The predicted octanol–water partition coefficient (Wildman–Crippen LogP) is 1.50. The van der Waals surface area contributed by atoms with Crippen molar-refractivity contribution in [2.75, 3.05) is 0 Å². The minimum atomic E-state index is -0.254. The lowest BCUT2D eigenvalue weighted by molar-refractivity contribution is 0.101. The Morgan fingerprint density at radius 2 is 2.00 bits per heavy atom. The molecule has 2 rings (SSSR count). The van der Waals surface area contributed by atoms with E-state index in [0.717, 1.165) is 5.52 Å². The van der Waals surface area contributed by atoms with Crippen LogP contribution in [-0.2, 0) is 0 Å². The first kappa shape index (κ1) is 8.69. The molecule has 3 nitrogen and oxygen atoms in total. The van der Waals surface area contributed by atoms with Crippen LogP contribution >= 0.6 is 0 Å². The topological polar surface area (TPSA) is 38.5 Å². The van der Waals surface area contributed by atoms with Gasteiger partial charge in [0.05, 0.1) is 5.56 Å². The summed E-state index contributed by atoms with van der Waals surface area (Å²) in [6.45, 7) is 1.39. The summed E-state index contributed by atoms with van der Waals surface area (Å²) in [5.41, 5.74) is 0.770. The van der Waals surface area contributed by atoms with Crippen molar-refractivity contribution in [1.82, 2.24) is 4.40 Å². The molecular weight excluding hydrogens is 178 g/mol. The van der Waals surface area contributed by atoms with Gasteiger partial charge >= 0.3 is 0 Å². The van der Waals surface area contributed by atoms with Gasteiger partial charge in [-0.2, -0.15) is 0 Å². The summed E-state index contributed by atoms with van der Waals surface area (Å²) in [6, 6.07) is 8.77. The first-order chi connectivity index (χ1) is 6.70. The Morgan fingerprint density at radius 3 is 2.71 bits per heavy atom. The summed E-state index contributed by atoms with van der Waals surface area (Å²) in [4.78, 5) is 22.8. The second-order valence-corrected chi connectivity index (χ2v) is 3.10. The van der Waals surface area contributed by atoms with Gasteiger partial charge in [0.2, 0.25) is 0 Å². The molecule has 0 saturated carbocycles. The third-order valence-corrected chi connectivity index (χ3v) is 2.14. The zero-order valence-electron chi connectivity index (χ0n) is 7.73. The van der Waals surface area contributed by atoms with Gasteiger partial charge in [-0.05, 0) is 31.2 Å². The number of Topliss-reactive ketones (excluding diaryl/α,β-unsaturated/α-hetero) is 1. The maximum absolute atomic E-state index is 11.7. The normalized spacial score (nSPS) is 10.4. The average Bonchev–Trinajstić information content (AvgIpc) is 2.18. The number of nitrogens with zero attached hydrogens (tertiary/aromatic N) is 1. The first-order valence-electron chi connectivity index (χ1n) is 4.31. The second-order valence-electron chi connectivity index (χ2n) is 3.10. The minimum Gasteiger partial charge on any atom is -0.294 e. The van der Waals surface area contributed by atoms with Crippen LogP contribution in [0, 0.1) is 0 Å². The minimum absolute atomic E-state index is 0.201. The van der Waals surface area contributed by atoms with Crippen molar-refractivity contribution in [3.63, 3.8) is 0 Å². The number of hydrogen-bond donors (Lipinski definition) is 0. The highest BCUT2D eigenvalue weighted by Gasteiger charge is 2.06. The molecule has 0 unspecified atom stereocenters. The standard InChI is InChI=1S/C11H9NO2/c1-8(13)10-6-5-9-4-2-3-7-12(9)11(10)14/h2-7H,1H3. The van der Waals surface area contributed by atoms with E-state index in [4.69, 9.17) is 0 Å². The molecule has 3 heteroatoms. The van der Waals surface area contributed by atoms with E-state index in [1.54, 1.807) is 24.4 Å². The van der Waals surface area contributed by atoms with Crippen LogP contribution in [0.15, 0.2) is 41.3 Å². The lowest BCUT2D eigenvalue weighted by Crippen LogP contribution is -2.20. The second kappa shape index (κ2) is 3.10. The van der Waals surface area contributed by atoms with Crippen molar-refractivity contribution >= 4 is 11.3 Å². The molecule has 0 atom stereocenters. The quantitative estimate of drug-likeness (QED) is 0.634. The zero-order valence-corrected chi connectivity index (χ0v) is 7.73. The Morgan fingerprint density at radius 1 is 1.21 bits per heavy atom. The lowest BCUT2D eigenvalue weighted by atomic mass is 10.2. The van der Waals surface area contributed by atoms with Crippen LogP contribution in [0.2, 0.25) is 0 Å². The highest BCUT2D eigenvalue weighted by Crippen LogP contribution is 2.01. The number of rotatable bonds is 1.